The minimum absolute atomic E-state index is 0. The fourth-order valence-electron chi connectivity index (χ4n) is 3.39. The zero-order chi connectivity index (χ0) is 19.0. The Hall–Kier alpha value is -0.510. The van der Waals surface area contributed by atoms with Gasteiger partial charge in [-0.1, -0.05) is 18.2 Å². The molecule has 1 aromatic rings. The van der Waals surface area contributed by atoms with E-state index in [-0.39, 0.29) is 24.0 Å². The normalized spacial score (nSPS) is 20.1. The quantitative estimate of drug-likeness (QED) is 0.315. The van der Waals surface area contributed by atoms with E-state index in [1.165, 1.54) is 50.3 Å². The second-order valence-electron chi connectivity index (χ2n) is 7.72. The van der Waals surface area contributed by atoms with Crippen molar-refractivity contribution < 1.29 is 0 Å². The van der Waals surface area contributed by atoms with E-state index in [2.05, 4.69) is 64.7 Å². The van der Waals surface area contributed by atoms with Gasteiger partial charge in [-0.2, -0.15) is 0 Å². The molecule has 0 atom stereocenters. The number of hydrogen-bond donors (Lipinski definition) is 2. The van der Waals surface area contributed by atoms with E-state index in [0.29, 0.717) is 4.75 Å². The van der Waals surface area contributed by atoms with E-state index in [1.807, 2.05) is 11.8 Å². The summed E-state index contributed by atoms with van der Waals surface area (Å²) in [5.41, 5.74) is 0. The molecule has 1 saturated heterocycles. The second-order valence-corrected chi connectivity index (χ2v) is 9.26. The summed E-state index contributed by atoms with van der Waals surface area (Å²) in [5, 5.41) is 6.95. The van der Waals surface area contributed by atoms with Gasteiger partial charge in [-0.05, 0) is 58.5 Å². The molecule has 2 N–H and O–H groups in total. The van der Waals surface area contributed by atoms with Crippen LogP contribution in [-0.2, 0) is 0 Å². The first-order valence-corrected chi connectivity index (χ1v) is 11.2. The lowest BCUT2D eigenvalue weighted by Crippen LogP contribution is -2.42. The van der Waals surface area contributed by atoms with Crippen LogP contribution in [0.15, 0.2) is 40.2 Å². The number of rotatable bonds is 8. The van der Waals surface area contributed by atoms with Gasteiger partial charge in [0.2, 0.25) is 0 Å². The molecule has 1 heterocycles. The lowest BCUT2D eigenvalue weighted by atomic mass is 10.4. The standard InChI is InChI=1S/C21H35N5S.HI/c1-3-22-20(23-12-15-26-14-7-13-25(2)16-17-26)24-18-21(10-11-21)27-19-8-5-4-6-9-19;/h4-6,8-9H,3,7,10-18H2,1-2H3,(H2,22,23,24);1H. The molecule has 1 saturated carbocycles. The third kappa shape index (κ3) is 8.08. The molecule has 0 spiro atoms. The van der Waals surface area contributed by atoms with Crippen molar-refractivity contribution in [2.24, 2.45) is 4.99 Å². The van der Waals surface area contributed by atoms with Crippen molar-refractivity contribution in [3.63, 3.8) is 0 Å². The van der Waals surface area contributed by atoms with Crippen LogP contribution in [0.1, 0.15) is 26.2 Å². The fourth-order valence-corrected chi connectivity index (χ4v) is 4.62. The third-order valence-electron chi connectivity index (χ3n) is 5.29. The van der Waals surface area contributed by atoms with Crippen LogP contribution < -0.4 is 10.6 Å². The van der Waals surface area contributed by atoms with Gasteiger partial charge in [-0.3, -0.25) is 4.99 Å². The van der Waals surface area contributed by atoms with Crippen molar-refractivity contribution in [2.45, 2.75) is 35.8 Å². The van der Waals surface area contributed by atoms with Gasteiger partial charge >= 0.3 is 0 Å². The summed E-state index contributed by atoms with van der Waals surface area (Å²) >= 11 is 1.99. The number of halogens is 1. The van der Waals surface area contributed by atoms with Crippen molar-refractivity contribution in [1.29, 1.82) is 0 Å². The summed E-state index contributed by atoms with van der Waals surface area (Å²) in [7, 11) is 2.22. The average Bonchev–Trinajstić information content (AvgIpc) is 3.46. The summed E-state index contributed by atoms with van der Waals surface area (Å²) in [6, 6.07) is 10.7. The van der Waals surface area contributed by atoms with Crippen LogP contribution >= 0.6 is 35.7 Å². The Kier molecular flexibility index (Phi) is 10.4. The zero-order valence-electron chi connectivity index (χ0n) is 17.3. The van der Waals surface area contributed by atoms with Crippen molar-refractivity contribution in [2.75, 3.05) is 59.4 Å². The SMILES string of the molecule is CCNC(=NCC1(Sc2ccccc2)CC1)NCCN1CCCN(C)CC1.I. The zero-order valence-corrected chi connectivity index (χ0v) is 20.5. The van der Waals surface area contributed by atoms with Crippen molar-refractivity contribution in [1.82, 2.24) is 20.4 Å². The van der Waals surface area contributed by atoms with E-state index in [4.69, 9.17) is 4.99 Å². The minimum Gasteiger partial charge on any atom is -0.357 e. The van der Waals surface area contributed by atoms with Crippen molar-refractivity contribution in [3.8, 4) is 0 Å². The molecule has 0 radical (unpaired) electrons. The van der Waals surface area contributed by atoms with Gasteiger partial charge in [0.05, 0.1) is 6.54 Å². The minimum atomic E-state index is 0. The van der Waals surface area contributed by atoms with E-state index < -0.39 is 0 Å². The third-order valence-corrected chi connectivity index (χ3v) is 6.77. The maximum Gasteiger partial charge on any atom is 0.191 e. The number of benzene rings is 1. The molecular weight excluding hydrogens is 481 g/mol. The summed E-state index contributed by atoms with van der Waals surface area (Å²) in [6.07, 6.45) is 3.79. The highest BCUT2D eigenvalue weighted by molar-refractivity contribution is 14.0. The molecule has 0 unspecified atom stereocenters. The topological polar surface area (TPSA) is 42.9 Å². The Labute approximate surface area is 192 Å². The first kappa shape index (κ1) is 23.8. The number of thioether (sulfide) groups is 1. The highest BCUT2D eigenvalue weighted by atomic mass is 127. The molecule has 1 aromatic carbocycles. The Balaban J connectivity index is 0.00000280. The Morgan fingerprint density at radius 3 is 2.61 bits per heavy atom. The number of nitrogens with zero attached hydrogens (tertiary/aromatic N) is 3. The molecule has 0 amide bonds. The predicted molar refractivity (Wildman–Crippen MR) is 132 cm³/mol. The highest BCUT2D eigenvalue weighted by Crippen LogP contribution is 2.51. The molecule has 0 bridgehead atoms. The smallest absolute Gasteiger partial charge is 0.191 e. The molecule has 3 rings (SSSR count). The van der Waals surface area contributed by atoms with Gasteiger partial charge in [-0.25, -0.2) is 0 Å². The molecule has 1 aliphatic heterocycles. The molecule has 0 aromatic heterocycles. The van der Waals surface area contributed by atoms with E-state index in [1.54, 1.807) is 0 Å². The molecule has 28 heavy (non-hydrogen) atoms. The Morgan fingerprint density at radius 2 is 1.89 bits per heavy atom. The van der Waals surface area contributed by atoms with Crippen molar-refractivity contribution in [3.05, 3.63) is 30.3 Å². The number of nitrogens with one attached hydrogen (secondary N) is 2. The van der Waals surface area contributed by atoms with E-state index >= 15 is 0 Å². The first-order chi connectivity index (χ1) is 13.2. The predicted octanol–water partition coefficient (Wildman–Crippen LogP) is 3.12. The summed E-state index contributed by atoms with van der Waals surface area (Å²) in [6.45, 7) is 10.7. The Bertz CT molecular complexity index is 594. The largest absolute Gasteiger partial charge is 0.357 e. The van der Waals surface area contributed by atoms with Gasteiger partial charge in [0, 0.05) is 42.4 Å². The molecule has 2 fully saturated rings. The molecule has 1 aliphatic carbocycles. The number of guanidine groups is 1. The van der Waals surface area contributed by atoms with Crippen LogP contribution in [-0.4, -0.2) is 79.9 Å². The van der Waals surface area contributed by atoms with Gasteiger partial charge in [0.15, 0.2) is 5.96 Å². The monoisotopic (exact) mass is 517 g/mol. The lowest BCUT2D eigenvalue weighted by molar-refractivity contribution is 0.280. The van der Waals surface area contributed by atoms with Crippen LogP contribution in [0.3, 0.4) is 0 Å². The second kappa shape index (κ2) is 12.2. The van der Waals surface area contributed by atoms with Gasteiger partial charge < -0.3 is 20.4 Å². The van der Waals surface area contributed by atoms with Crippen LogP contribution in [0.25, 0.3) is 0 Å². The Morgan fingerprint density at radius 1 is 1.11 bits per heavy atom. The molecular formula is C21H36IN5S. The van der Waals surface area contributed by atoms with Crippen LogP contribution in [0, 0.1) is 0 Å². The lowest BCUT2D eigenvalue weighted by Gasteiger charge is -2.21. The summed E-state index contributed by atoms with van der Waals surface area (Å²) in [4.78, 5) is 11.3. The molecule has 158 valence electrons. The van der Waals surface area contributed by atoms with E-state index in [0.717, 1.165) is 32.1 Å². The van der Waals surface area contributed by atoms with Crippen LogP contribution in [0.4, 0.5) is 0 Å². The van der Waals surface area contributed by atoms with Gasteiger partial charge in [-0.15, -0.1) is 35.7 Å². The number of aliphatic imine (C=N–C) groups is 1. The maximum atomic E-state index is 4.90. The van der Waals surface area contributed by atoms with E-state index in [9.17, 15) is 0 Å². The number of hydrogen-bond acceptors (Lipinski definition) is 4. The molecule has 7 heteroatoms. The number of likely N-dealkylation sites (N-methyl/N-ethyl adjacent to an activating group) is 1. The highest BCUT2D eigenvalue weighted by Gasteiger charge is 2.43. The van der Waals surface area contributed by atoms with Gasteiger partial charge in [0.25, 0.3) is 0 Å². The average molecular weight is 518 g/mol. The van der Waals surface area contributed by atoms with Crippen LogP contribution in [0.2, 0.25) is 0 Å². The summed E-state index contributed by atoms with van der Waals surface area (Å²) in [5.74, 6) is 0.962. The fraction of sp³-hybridized carbons (Fsp3) is 0.667. The maximum absolute atomic E-state index is 4.90. The molecule has 2 aliphatic rings. The van der Waals surface area contributed by atoms with Crippen molar-refractivity contribution >= 4 is 41.7 Å². The summed E-state index contributed by atoms with van der Waals surface area (Å²) < 4.78 is 0.305. The van der Waals surface area contributed by atoms with Gasteiger partial charge in [0.1, 0.15) is 0 Å². The van der Waals surface area contributed by atoms with Crippen LogP contribution in [0.5, 0.6) is 0 Å². The first-order valence-electron chi connectivity index (χ1n) is 10.4. The molecule has 5 nitrogen and oxygen atoms in total.